The van der Waals surface area contributed by atoms with Crippen LogP contribution in [0.25, 0.3) is 33.4 Å². The topological polar surface area (TPSA) is 183 Å². The number of carbonyl (C=O) groups excluding carboxylic acids is 3. The molecule has 0 bridgehead atoms. The second kappa shape index (κ2) is 44.9. The number of anilines is 3. The van der Waals surface area contributed by atoms with Gasteiger partial charge in [-0.15, -0.1) is 35.9 Å². The van der Waals surface area contributed by atoms with E-state index in [1.807, 2.05) is 196 Å². The van der Waals surface area contributed by atoms with E-state index in [0.29, 0.717) is 55.9 Å². The average molecular weight is 1850 g/mol. The molecule has 122 heavy (non-hydrogen) atoms. The van der Waals surface area contributed by atoms with Gasteiger partial charge in [-0.2, -0.15) is 14.9 Å². The number of aromatic nitrogens is 4. The number of benzene rings is 8. The number of hydrogen-bond donors (Lipinski definition) is 2. The van der Waals surface area contributed by atoms with Crippen LogP contribution in [0.4, 0.5) is 31.4 Å². The van der Waals surface area contributed by atoms with Gasteiger partial charge < -0.3 is 39.1 Å². The quantitative estimate of drug-likeness (QED) is 0.0320. The van der Waals surface area contributed by atoms with Gasteiger partial charge >= 0.3 is 53.0 Å². The number of ether oxygens (including phenoxy) is 3. The Morgan fingerprint density at radius 2 is 1.16 bits per heavy atom. The minimum atomic E-state index is -0.562. The number of rotatable bonds is 20. The Balaban J connectivity index is 0.000000163. The number of hydrogen-bond acceptors (Lipinski definition) is 11. The third-order valence-corrected chi connectivity index (χ3v) is 27.9. The number of nitrogens with two attached hydrogens (primary N) is 1. The summed E-state index contributed by atoms with van der Waals surface area (Å²) in [4.78, 5) is 45.2. The number of urea groups is 2. The van der Waals surface area contributed by atoms with E-state index in [1.54, 1.807) is 48.6 Å². The van der Waals surface area contributed by atoms with Crippen molar-refractivity contribution < 1.29 is 56.1 Å². The molecule has 652 valence electrons. The number of aryl methyl sites for hydroxylation is 2. The SMILES string of the molecule is CC(C)(C)OC(=O)n1cc(B2OC(C)(C)C(C)(C)O2)cn1.CC(C)c1cc(C(C)C)c(-c2cccc(P(C3CCCCC3)C3CCCCC3)c2)c(C(C)C)c1.CCc1cc(N2CCN(Cc3cccc(OC)c3)C2=O)ccc1-c1cn[nH]c1.CCc1cc(N2CCN(Cc3cccc(OC)c3)C2=O)ccc1Br.Nc1ccccc1-c1[c-]cccc1.[Cl][Pd+]. The van der Waals surface area contributed by atoms with Crippen molar-refractivity contribution in [2.24, 2.45) is 0 Å². The molecule has 0 atom stereocenters. The van der Waals surface area contributed by atoms with Gasteiger partial charge in [-0.05, 0) is 249 Å². The number of para-hydroxylation sites is 1. The van der Waals surface area contributed by atoms with Crippen molar-refractivity contribution in [3.63, 3.8) is 0 Å². The molecule has 15 rings (SSSR count). The van der Waals surface area contributed by atoms with Gasteiger partial charge in [0.2, 0.25) is 0 Å². The van der Waals surface area contributed by atoms with Crippen LogP contribution in [0.1, 0.15) is 225 Å². The number of H-pyrrole nitrogens is 1. The van der Waals surface area contributed by atoms with Gasteiger partial charge in [0.15, 0.2) is 0 Å². The number of nitrogens with zero attached hydrogens (tertiary/aromatic N) is 7. The van der Waals surface area contributed by atoms with Crippen molar-refractivity contribution in [1.29, 1.82) is 0 Å². The molecule has 8 aromatic carbocycles. The van der Waals surface area contributed by atoms with Crippen LogP contribution in [0.3, 0.4) is 0 Å². The Hall–Kier alpha value is -8.56. The van der Waals surface area contributed by atoms with E-state index in [-0.39, 0.29) is 20.0 Å². The Morgan fingerprint density at radius 3 is 1.66 bits per heavy atom. The molecular weight excluding hydrogens is 1720 g/mol. The Morgan fingerprint density at radius 1 is 0.631 bits per heavy atom. The van der Waals surface area contributed by atoms with Gasteiger partial charge in [0.1, 0.15) is 17.1 Å². The first kappa shape index (κ1) is 95.7. The molecule has 5 fully saturated rings. The molecule has 22 heteroatoms. The number of amides is 4. The zero-order valence-corrected chi connectivity index (χ0v) is 79.5. The molecule has 2 saturated carbocycles. The van der Waals surface area contributed by atoms with E-state index in [9.17, 15) is 14.4 Å². The van der Waals surface area contributed by atoms with E-state index in [0.717, 1.165) is 102 Å². The van der Waals surface area contributed by atoms with Crippen molar-refractivity contribution in [3.05, 3.63) is 244 Å². The van der Waals surface area contributed by atoms with Crippen LogP contribution < -0.4 is 35.8 Å². The molecule has 3 aliphatic heterocycles. The number of aromatic amines is 1. The van der Waals surface area contributed by atoms with Gasteiger partial charge in [-0.25, -0.2) is 14.4 Å². The summed E-state index contributed by atoms with van der Waals surface area (Å²) < 4.78 is 29.9. The van der Waals surface area contributed by atoms with E-state index in [1.165, 1.54) is 86.5 Å². The van der Waals surface area contributed by atoms with Crippen LogP contribution in [0.2, 0.25) is 0 Å². The average Bonchev–Trinajstić information content (AvgIpc) is 1.50. The molecule has 0 unspecified atom stereocenters. The van der Waals surface area contributed by atoms with Crippen LogP contribution in [-0.4, -0.2) is 124 Å². The zero-order chi connectivity index (χ0) is 88.0. The molecule has 10 aromatic rings. The van der Waals surface area contributed by atoms with Gasteiger partial charge in [-0.3, -0.25) is 14.9 Å². The fourth-order valence-corrected chi connectivity index (χ4v) is 20.7. The molecule has 2 aliphatic carbocycles. The van der Waals surface area contributed by atoms with E-state index < -0.39 is 30.0 Å². The third-order valence-electron chi connectivity index (χ3n) is 23.7. The van der Waals surface area contributed by atoms with Gasteiger partial charge in [0.05, 0.1) is 31.6 Å². The molecule has 0 radical (unpaired) electrons. The first-order chi connectivity index (χ1) is 58.5. The van der Waals surface area contributed by atoms with Crippen LogP contribution in [0.15, 0.2) is 199 Å². The number of halogens is 2. The maximum absolute atomic E-state index is 13.0. The fraction of sp³-hybridized carbons (Fsp3) is 0.430. The Kier molecular flexibility index (Phi) is 35.2. The zero-order valence-electron chi connectivity index (χ0n) is 74.7. The number of methoxy groups -OCH3 is 2. The summed E-state index contributed by atoms with van der Waals surface area (Å²) >= 11 is 5.78. The first-order valence-corrected chi connectivity index (χ1v) is 47.7. The molecule has 3 saturated heterocycles. The monoisotopic (exact) mass is 1840 g/mol. The normalized spacial score (nSPS) is 15.9. The first-order valence-electron chi connectivity index (χ1n) is 43.4. The van der Waals surface area contributed by atoms with Crippen LogP contribution in [0.5, 0.6) is 11.5 Å². The van der Waals surface area contributed by atoms with Crippen molar-refractivity contribution in [2.75, 3.05) is 55.9 Å². The molecule has 4 amide bonds. The van der Waals surface area contributed by atoms with Crippen LogP contribution in [0, 0.1) is 6.07 Å². The van der Waals surface area contributed by atoms with Crippen molar-refractivity contribution in [2.45, 2.75) is 240 Å². The van der Waals surface area contributed by atoms with Crippen LogP contribution in [-0.2, 0) is 58.2 Å². The molecule has 5 aliphatic rings. The van der Waals surface area contributed by atoms with Crippen LogP contribution >= 0.6 is 33.4 Å². The molecule has 2 aromatic heterocycles. The summed E-state index contributed by atoms with van der Waals surface area (Å²) in [6.45, 7) is 35.8. The maximum atomic E-state index is 13.0. The van der Waals surface area contributed by atoms with Gasteiger partial charge in [0, 0.05) is 84.7 Å². The van der Waals surface area contributed by atoms with Crippen molar-refractivity contribution in [3.8, 4) is 44.9 Å². The molecular formula is C100H127BBrClN9O8PPd. The summed E-state index contributed by atoms with van der Waals surface area (Å²) in [7, 11) is 7.19. The van der Waals surface area contributed by atoms with E-state index >= 15 is 0 Å². The second-order valence-electron chi connectivity index (χ2n) is 35.0. The Bertz CT molecular complexity index is 4970. The Labute approximate surface area is 751 Å². The second-order valence-corrected chi connectivity index (χ2v) is 38.6. The number of nitrogens with one attached hydrogen (secondary N) is 1. The summed E-state index contributed by atoms with van der Waals surface area (Å²) in [6, 6.07) is 62.0. The molecule has 3 N–H and O–H groups in total. The van der Waals surface area contributed by atoms with Gasteiger partial charge in [0.25, 0.3) is 0 Å². The predicted molar refractivity (Wildman–Crippen MR) is 504 cm³/mol. The summed E-state index contributed by atoms with van der Waals surface area (Å²) in [6.07, 6.45) is 22.8. The third kappa shape index (κ3) is 25.2. The van der Waals surface area contributed by atoms with E-state index in [2.05, 4.69) is 175 Å². The fourth-order valence-electron chi connectivity index (χ4n) is 16.3. The van der Waals surface area contributed by atoms with E-state index in [4.69, 9.17) is 29.3 Å². The molecule has 5 heterocycles. The molecule has 0 spiro atoms. The number of carbonyl (C=O) groups is 3. The summed E-state index contributed by atoms with van der Waals surface area (Å²) in [5.74, 6) is 3.27. The predicted octanol–water partition coefficient (Wildman–Crippen LogP) is 24.4. The summed E-state index contributed by atoms with van der Waals surface area (Å²) in [5.41, 5.74) is 26.2. The van der Waals surface area contributed by atoms with Crippen molar-refractivity contribution in [1.82, 2.24) is 29.8 Å². The molecule has 17 nitrogen and oxygen atoms in total. The van der Waals surface area contributed by atoms with Gasteiger partial charge in [-0.1, -0.05) is 202 Å². The number of nitrogen functional groups attached to an aromatic ring is 1. The summed E-state index contributed by atoms with van der Waals surface area (Å²) in [5, 5.41) is 12.6. The van der Waals surface area contributed by atoms with Crippen molar-refractivity contribution >= 4 is 86.5 Å². The standard InChI is InChI=1S/C33H49P.C22H24N4O2.C19H21BrN2O2.C14H23BN2O4.C12H10N.ClH.Pd/c1-23(2)27-21-31(24(3)4)33(32(22-27)25(5)6)26-14-13-19-30(20-26)34(28-15-9-7-10-16-28)29-17-11-8-12-18-29;1-3-17-12-19(7-8-21(17)18-13-23-24-14-18)26-10-9-25(22(26)27)15-16-5-4-6-20(11-16)28-2;1-3-15-12-16(7-8-18(15)20)22-10-9-21(19(22)23)13-14-5-4-6-17(11-14)24-2;1-12(2,3)19-11(18)17-9-10(8-16-17)15-20-13(4,5)14(6,7)21-15;13-12-9-5-4-8-11(12)10-6-2-1-3-7-10;;/h13-14,19-25,28-29H,7-12,15-18H2,1-6H3;4-8,11-14H,3,9-10,15H2,1-2H3,(H,23,24);4-8,11-12H,3,9-10,13H2,1-2H3;8-9H,1-7H3;1-6,8-9H,13H2;1H;/q;;;;-1;;+2/p-1. The minimum absolute atomic E-state index is 0.0425.